The van der Waals surface area contributed by atoms with Crippen LogP contribution >= 0.6 is 0 Å². The number of benzene rings is 1. The normalized spacial score (nSPS) is 11.1. The van der Waals surface area contributed by atoms with Gasteiger partial charge in [0, 0.05) is 12.1 Å². The Balaban J connectivity index is 2.37. The number of non-ortho nitro benzene ring substituents is 1. The highest BCUT2D eigenvalue weighted by molar-refractivity contribution is 7.92. The lowest BCUT2D eigenvalue weighted by Crippen LogP contribution is -2.16. The summed E-state index contributed by atoms with van der Waals surface area (Å²) in [6, 6.07) is 4.71. The van der Waals surface area contributed by atoms with Crippen molar-refractivity contribution in [2.45, 2.75) is 18.7 Å². The van der Waals surface area contributed by atoms with Crippen molar-refractivity contribution in [2.75, 3.05) is 11.8 Å². The van der Waals surface area contributed by atoms with Gasteiger partial charge < -0.3 is 4.74 Å². The molecule has 0 saturated carbocycles. The molecule has 0 bridgehead atoms. The van der Waals surface area contributed by atoms with Crippen LogP contribution in [-0.2, 0) is 10.0 Å². The molecule has 1 aromatic carbocycles. The topological polar surface area (TPSA) is 124 Å². The number of ether oxygens (including phenoxy) is 1. The van der Waals surface area contributed by atoms with E-state index >= 15 is 0 Å². The Morgan fingerprint density at radius 1 is 1.13 bits per heavy atom. The summed E-state index contributed by atoms with van der Waals surface area (Å²) < 4.78 is 32.1. The number of nitrogens with one attached hydrogen (secondary N) is 1. The predicted molar refractivity (Wildman–Crippen MR) is 82.0 cm³/mol. The Morgan fingerprint density at radius 3 is 2.09 bits per heavy atom. The molecular formula is C13H14N4O5S. The van der Waals surface area contributed by atoms with Gasteiger partial charge in [-0.2, -0.15) is 9.97 Å². The summed E-state index contributed by atoms with van der Waals surface area (Å²) in [6.07, 6.45) is 0. The fraction of sp³-hybridized carbons (Fsp3) is 0.231. The molecule has 2 aromatic rings. The molecule has 1 heterocycles. The number of nitro groups is 1. The molecule has 0 atom stereocenters. The minimum Gasteiger partial charge on any atom is -0.467 e. The molecule has 0 unspecified atom stereocenters. The van der Waals surface area contributed by atoms with Crippen LogP contribution in [0, 0.1) is 24.0 Å². The summed E-state index contributed by atoms with van der Waals surface area (Å²) in [5.74, 6) is 0. The van der Waals surface area contributed by atoms with Crippen molar-refractivity contribution >= 4 is 21.4 Å². The Bertz CT molecular complexity index is 826. The molecule has 0 saturated heterocycles. The molecular weight excluding hydrogens is 324 g/mol. The summed E-state index contributed by atoms with van der Waals surface area (Å²) in [5, 5.41) is 10.6. The molecule has 0 aliphatic heterocycles. The van der Waals surface area contributed by atoms with E-state index in [2.05, 4.69) is 14.7 Å². The van der Waals surface area contributed by atoms with Crippen molar-refractivity contribution in [3.05, 3.63) is 45.8 Å². The van der Waals surface area contributed by atoms with Gasteiger partial charge in [-0.15, -0.1) is 0 Å². The Morgan fingerprint density at radius 2 is 1.65 bits per heavy atom. The quantitative estimate of drug-likeness (QED) is 0.651. The van der Waals surface area contributed by atoms with E-state index in [-0.39, 0.29) is 22.3 Å². The van der Waals surface area contributed by atoms with Crippen molar-refractivity contribution in [3.8, 4) is 6.01 Å². The van der Waals surface area contributed by atoms with Crippen molar-refractivity contribution < 1.29 is 18.1 Å². The minimum atomic E-state index is -3.91. The van der Waals surface area contributed by atoms with Gasteiger partial charge in [0.1, 0.15) is 0 Å². The Labute approximate surface area is 132 Å². The van der Waals surface area contributed by atoms with Gasteiger partial charge in [-0.25, -0.2) is 8.42 Å². The van der Waals surface area contributed by atoms with Gasteiger partial charge >= 0.3 is 6.01 Å². The van der Waals surface area contributed by atoms with Crippen LogP contribution in [0.1, 0.15) is 11.4 Å². The van der Waals surface area contributed by atoms with Crippen LogP contribution in [-0.4, -0.2) is 30.4 Å². The zero-order chi connectivity index (χ0) is 17.2. The van der Waals surface area contributed by atoms with E-state index in [0.29, 0.717) is 11.4 Å². The van der Waals surface area contributed by atoms with E-state index in [1.54, 1.807) is 13.8 Å². The fourth-order valence-corrected chi connectivity index (χ4v) is 3.04. The first-order valence-corrected chi connectivity index (χ1v) is 7.89. The van der Waals surface area contributed by atoms with E-state index in [4.69, 9.17) is 4.74 Å². The van der Waals surface area contributed by atoms with Crippen LogP contribution in [0.15, 0.2) is 29.2 Å². The van der Waals surface area contributed by atoms with E-state index in [1.165, 1.54) is 7.11 Å². The Kier molecular flexibility index (Phi) is 4.45. The summed E-state index contributed by atoms with van der Waals surface area (Å²) in [4.78, 5) is 17.9. The van der Waals surface area contributed by atoms with E-state index in [1.807, 2.05) is 0 Å². The summed E-state index contributed by atoms with van der Waals surface area (Å²) >= 11 is 0. The lowest BCUT2D eigenvalue weighted by molar-refractivity contribution is -0.384. The number of hydrogen-bond acceptors (Lipinski definition) is 7. The largest absolute Gasteiger partial charge is 0.467 e. The summed E-state index contributed by atoms with van der Waals surface area (Å²) in [7, 11) is -2.50. The highest BCUT2D eigenvalue weighted by Gasteiger charge is 2.19. The van der Waals surface area contributed by atoms with Crippen molar-refractivity contribution in [1.82, 2.24) is 9.97 Å². The van der Waals surface area contributed by atoms with Gasteiger partial charge in [-0.3, -0.25) is 14.8 Å². The number of nitro benzene ring substituents is 1. The average molecular weight is 338 g/mol. The molecule has 2 rings (SSSR count). The van der Waals surface area contributed by atoms with Crippen LogP contribution in [0.5, 0.6) is 6.01 Å². The lowest BCUT2D eigenvalue weighted by atomic mass is 10.3. The van der Waals surface area contributed by atoms with Crippen molar-refractivity contribution in [2.24, 2.45) is 0 Å². The first-order chi connectivity index (χ1) is 10.7. The average Bonchev–Trinajstić information content (AvgIpc) is 2.50. The van der Waals surface area contributed by atoms with E-state index in [9.17, 15) is 18.5 Å². The number of rotatable bonds is 5. The number of methoxy groups -OCH3 is 1. The molecule has 1 N–H and O–H groups in total. The van der Waals surface area contributed by atoms with E-state index < -0.39 is 14.9 Å². The standard InChI is InChI=1S/C13H14N4O5S/c1-8-12(9(2)15-13(14-8)22-3)16-23(20,21)11-6-4-10(5-7-11)17(18)19/h4-7,16H,1-3H3. The third kappa shape index (κ3) is 3.54. The number of anilines is 1. The van der Waals surface area contributed by atoms with Gasteiger partial charge in [0.25, 0.3) is 15.7 Å². The first-order valence-electron chi connectivity index (χ1n) is 6.41. The second-order valence-corrected chi connectivity index (χ2v) is 6.30. The third-order valence-corrected chi connectivity index (χ3v) is 4.39. The van der Waals surface area contributed by atoms with Gasteiger partial charge in [-0.1, -0.05) is 0 Å². The van der Waals surface area contributed by atoms with Gasteiger partial charge in [-0.05, 0) is 26.0 Å². The van der Waals surface area contributed by atoms with Crippen LogP contribution in [0.3, 0.4) is 0 Å². The molecule has 0 radical (unpaired) electrons. The monoisotopic (exact) mass is 338 g/mol. The maximum absolute atomic E-state index is 12.4. The van der Waals surface area contributed by atoms with E-state index in [0.717, 1.165) is 24.3 Å². The van der Waals surface area contributed by atoms with Crippen LogP contribution in [0.2, 0.25) is 0 Å². The molecule has 23 heavy (non-hydrogen) atoms. The SMILES string of the molecule is COc1nc(C)c(NS(=O)(=O)c2ccc([N+](=O)[O-])cc2)c(C)n1. The van der Waals surface area contributed by atoms with Crippen molar-refractivity contribution in [1.29, 1.82) is 0 Å². The molecule has 9 nitrogen and oxygen atoms in total. The number of sulfonamides is 1. The maximum atomic E-state index is 12.4. The number of aryl methyl sites for hydroxylation is 2. The molecule has 0 spiro atoms. The van der Waals surface area contributed by atoms with Gasteiger partial charge in [0.2, 0.25) is 0 Å². The number of nitrogens with zero attached hydrogens (tertiary/aromatic N) is 3. The van der Waals surface area contributed by atoms with Crippen LogP contribution in [0.25, 0.3) is 0 Å². The summed E-state index contributed by atoms with van der Waals surface area (Å²) in [5.41, 5.74) is 0.855. The van der Waals surface area contributed by atoms with Crippen LogP contribution in [0.4, 0.5) is 11.4 Å². The zero-order valence-electron chi connectivity index (χ0n) is 12.6. The molecule has 122 valence electrons. The lowest BCUT2D eigenvalue weighted by Gasteiger charge is -2.13. The van der Waals surface area contributed by atoms with Crippen LogP contribution < -0.4 is 9.46 Å². The molecule has 10 heteroatoms. The molecule has 0 aliphatic carbocycles. The number of hydrogen-bond donors (Lipinski definition) is 1. The maximum Gasteiger partial charge on any atom is 0.316 e. The smallest absolute Gasteiger partial charge is 0.316 e. The number of aromatic nitrogens is 2. The molecule has 1 aromatic heterocycles. The van der Waals surface area contributed by atoms with Crippen molar-refractivity contribution in [3.63, 3.8) is 0 Å². The second kappa shape index (κ2) is 6.16. The minimum absolute atomic E-state index is 0.0993. The Hall–Kier alpha value is -2.75. The van der Waals surface area contributed by atoms with Gasteiger partial charge in [0.15, 0.2) is 0 Å². The fourth-order valence-electron chi connectivity index (χ4n) is 1.86. The zero-order valence-corrected chi connectivity index (χ0v) is 13.4. The second-order valence-electron chi connectivity index (χ2n) is 4.61. The molecule has 0 amide bonds. The highest BCUT2D eigenvalue weighted by atomic mass is 32.2. The van der Waals surface area contributed by atoms with Gasteiger partial charge in [0.05, 0.1) is 34.0 Å². The molecule has 0 aliphatic rings. The third-order valence-electron chi connectivity index (χ3n) is 3.03. The first kappa shape index (κ1) is 16.6. The molecule has 0 fully saturated rings. The summed E-state index contributed by atoms with van der Waals surface area (Å²) in [6.45, 7) is 3.23. The highest BCUT2D eigenvalue weighted by Crippen LogP contribution is 2.24. The predicted octanol–water partition coefficient (Wildman–Crippen LogP) is 1.81.